The minimum absolute atomic E-state index is 0.114. The number of carbonyl (C=O) groups excluding carboxylic acids is 2. The molecule has 7 nitrogen and oxygen atoms in total. The van der Waals surface area contributed by atoms with Crippen LogP contribution in [0, 0.1) is 0 Å². The molecule has 2 amide bonds. The Bertz CT molecular complexity index is 857. The molecule has 2 aromatic carbocycles. The predicted octanol–water partition coefficient (Wildman–Crippen LogP) is 2.73. The minimum Gasteiger partial charge on any atom is -0.371 e. The summed E-state index contributed by atoms with van der Waals surface area (Å²) in [6.45, 7) is 4.95. The maximum absolute atomic E-state index is 12.8. The first kappa shape index (κ1) is 22.9. The summed E-state index contributed by atoms with van der Waals surface area (Å²) in [5.74, 6) is -1.14. The molecule has 2 aromatic rings. The zero-order chi connectivity index (χ0) is 22.3. The van der Waals surface area contributed by atoms with Gasteiger partial charge in [-0.15, -0.1) is 0 Å². The number of likely N-dealkylation sites (N-methyl/N-ethyl adjacent to an activating group) is 1. The summed E-state index contributed by atoms with van der Waals surface area (Å²) in [5.41, 5.74) is 1.17. The van der Waals surface area contributed by atoms with Gasteiger partial charge in [0, 0.05) is 31.3 Å². The maximum Gasteiger partial charge on any atom is 0.253 e. The number of rotatable bonds is 6. The predicted molar refractivity (Wildman–Crippen MR) is 117 cm³/mol. The first-order valence-electron chi connectivity index (χ1n) is 10.4. The fraction of sp³-hybridized carbons (Fsp3) is 0.417. The lowest BCUT2D eigenvalue weighted by Crippen LogP contribution is -2.53. The lowest BCUT2D eigenvalue weighted by molar-refractivity contribution is -0.279. The molecule has 0 unspecified atom stereocenters. The molecule has 1 heterocycles. The van der Waals surface area contributed by atoms with E-state index in [-0.39, 0.29) is 24.9 Å². The van der Waals surface area contributed by atoms with Gasteiger partial charge in [-0.25, -0.2) is 0 Å². The second-order valence-corrected chi connectivity index (χ2v) is 7.94. The molecule has 166 valence electrons. The molecule has 1 saturated heterocycles. The van der Waals surface area contributed by atoms with Crippen molar-refractivity contribution in [1.82, 2.24) is 10.2 Å². The van der Waals surface area contributed by atoms with Crippen LogP contribution in [0.15, 0.2) is 60.7 Å². The van der Waals surface area contributed by atoms with Gasteiger partial charge in [0.25, 0.3) is 11.8 Å². The van der Waals surface area contributed by atoms with Crippen molar-refractivity contribution >= 4 is 11.8 Å². The molecule has 0 radical (unpaired) electrons. The first-order chi connectivity index (χ1) is 14.9. The topological polar surface area (TPSA) is 77.1 Å². The molecule has 0 saturated carbocycles. The molecule has 1 aliphatic heterocycles. The van der Waals surface area contributed by atoms with Gasteiger partial charge >= 0.3 is 0 Å². The quantitative estimate of drug-likeness (QED) is 0.769. The van der Waals surface area contributed by atoms with Crippen LogP contribution < -0.4 is 5.32 Å². The zero-order valence-corrected chi connectivity index (χ0v) is 18.2. The number of amides is 2. The van der Waals surface area contributed by atoms with E-state index < -0.39 is 18.0 Å². The van der Waals surface area contributed by atoms with Crippen molar-refractivity contribution in [3.8, 4) is 0 Å². The molecule has 0 spiro atoms. The molecular formula is C24H30N2O5. The van der Waals surface area contributed by atoms with Crippen LogP contribution in [-0.2, 0) is 14.2 Å². The standard InChI is InChI=1S/C24H30N2O5/c1-24(2)30-15-14-29-20(16-25-22(27)18-10-6-4-7-11-18)21(31-24)17-26(3)23(28)19-12-8-5-9-13-19/h4-13,20-21H,14-17H2,1-3H3,(H,25,27)/t20-,21+/m1/s1. The summed E-state index contributed by atoms with van der Waals surface area (Å²) in [6, 6.07) is 18.1. The Kier molecular flexibility index (Phi) is 7.79. The molecule has 1 N–H and O–H groups in total. The summed E-state index contributed by atoms with van der Waals surface area (Å²) < 4.78 is 17.9. The number of nitrogens with zero attached hydrogens (tertiary/aromatic N) is 1. The largest absolute Gasteiger partial charge is 0.371 e. The van der Waals surface area contributed by atoms with Crippen LogP contribution in [0.1, 0.15) is 34.6 Å². The fourth-order valence-electron chi connectivity index (χ4n) is 3.45. The minimum atomic E-state index is -0.841. The van der Waals surface area contributed by atoms with Crippen molar-refractivity contribution in [1.29, 1.82) is 0 Å². The van der Waals surface area contributed by atoms with Gasteiger partial charge in [0.15, 0.2) is 5.79 Å². The Balaban J connectivity index is 1.71. The van der Waals surface area contributed by atoms with Gasteiger partial charge in [0.1, 0.15) is 12.2 Å². The van der Waals surface area contributed by atoms with Gasteiger partial charge < -0.3 is 24.4 Å². The molecule has 0 aromatic heterocycles. The molecule has 0 aliphatic carbocycles. The van der Waals surface area contributed by atoms with E-state index in [1.54, 1.807) is 36.2 Å². The zero-order valence-electron chi connectivity index (χ0n) is 18.2. The summed E-state index contributed by atoms with van der Waals surface area (Å²) in [7, 11) is 1.73. The molecule has 0 bridgehead atoms. The van der Waals surface area contributed by atoms with E-state index >= 15 is 0 Å². The smallest absolute Gasteiger partial charge is 0.253 e. The van der Waals surface area contributed by atoms with Crippen LogP contribution in [0.5, 0.6) is 0 Å². The van der Waals surface area contributed by atoms with E-state index in [2.05, 4.69) is 5.32 Å². The molecule has 3 rings (SSSR count). The number of nitrogens with one attached hydrogen (secondary N) is 1. The Morgan fingerprint density at radius 1 is 0.968 bits per heavy atom. The Morgan fingerprint density at radius 2 is 1.58 bits per heavy atom. The normalized spacial score (nSPS) is 20.9. The molecule has 1 aliphatic rings. The molecule has 31 heavy (non-hydrogen) atoms. The maximum atomic E-state index is 12.8. The first-order valence-corrected chi connectivity index (χ1v) is 10.4. The van der Waals surface area contributed by atoms with Crippen LogP contribution in [0.4, 0.5) is 0 Å². The summed E-state index contributed by atoms with van der Waals surface area (Å²) in [6.07, 6.45) is -0.939. The van der Waals surface area contributed by atoms with Crippen molar-refractivity contribution in [3.63, 3.8) is 0 Å². The number of benzene rings is 2. The molecule has 1 fully saturated rings. The molecule has 2 atom stereocenters. The third kappa shape index (κ3) is 6.62. The van der Waals surface area contributed by atoms with Crippen molar-refractivity contribution in [3.05, 3.63) is 71.8 Å². The number of carbonyl (C=O) groups is 2. The highest BCUT2D eigenvalue weighted by molar-refractivity contribution is 5.94. The third-order valence-corrected chi connectivity index (χ3v) is 5.04. The van der Waals surface area contributed by atoms with Crippen molar-refractivity contribution in [2.24, 2.45) is 0 Å². The fourth-order valence-corrected chi connectivity index (χ4v) is 3.45. The highest BCUT2D eigenvalue weighted by atomic mass is 16.7. The number of ether oxygens (including phenoxy) is 3. The summed E-state index contributed by atoms with van der Waals surface area (Å²) in [4.78, 5) is 26.9. The summed E-state index contributed by atoms with van der Waals surface area (Å²) in [5, 5.41) is 2.92. The number of hydrogen-bond acceptors (Lipinski definition) is 5. The van der Waals surface area contributed by atoms with Crippen LogP contribution >= 0.6 is 0 Å². The Hall–Kier alpha value is -2.74. The van der Waals surface area contributed by atoms with Crippen molar-refractivity contribution < 1.29 is 23.8 Å². The molecular weight excluding hydrogens is 396 g/mol. The average Bonchev–Trinajstić information content (AvgIpc) is 2.77. The Labute approximate surface area is 183 Å². The Morgan fingerprint density at radius 3 is 2.23 bits per heavy atom. The van der Waals surface area contributed by atoms with E-state index in [1.807, 2.05) is 50.2 Å². The van der Waals surface area contributed by atoms with E-state index in [4.69, 9.17) is 14.2 Å². The average molecular weight is 427 g/mol. The highest BCUT2D eigenvalue weighted by Crippen LogP contribution is 2.21. The van der Waals surface area contributed by atoms with E-state index in [9.17, 15) is 9.59 Å². The van der Waals surface area contributed by atoms with Crippen LogP contribution in [0.25, 0.3) is 0 Å². The SMILES string of the molecule is CN(C[C@@H]1OC(C)(C)OCCO[C@@H]1CNC(=O)c1ccccc1)C(=O)c1ccccc1. The highest BCUT2D eigenvalue weighted by Gasteiger charge is 2.34. The number of hydrogen-bond donors (Lipinski definition) is 1. The summed E-state index contributed by atoms with van der Waals surface area (Å²) >= 11 is 0. The lowest BCUT2D eigenvalue weighted by atomic mass is 10.1. The van der Waals surface area contributed by atoms with Gasteiger partial charge in [-0.3, -0.25) is 9.59 Å². The third-order valence-electron chi connectivity index (χ3n) is 5.04. The van der Waals surface area contributed by atoms with Crippen molar-refractivity contribution in [2.45, 2.75) is 31.8 Å². The van der Waals surface area contributed by atoms with Crippen LogP contribution in [0.3, 0.4) is 0 Å². The van der Waals surface area contributed by atoms with Gasteiger partial charge in [0.05, 0.1) is 13.2 Å². The second kappa shape index (κ2) is 10.5. The van der Waals surface area contributed by atoms with Gasteiger partial charge in [-0.1, -0.05) is 36.4 Å². The van der Waals surface area contributed by atoms with Crippen LogP contribution in [-0.4, -0.2) is 68.1 Å². The van der Waals surface area contributed by atoms with Crippen LogP contribution in [0.2, 0.25) is 0 Å². The van der Waals surface area contributed by atoms with Gasteiger partial charge in [-0.05, 0) is 38.1 Å². The van der Waals surface area contributed by atoms with Gasteiger partial charge in [-0.2, -0.15) is 0 Å². The van der Waals surface area contributed by atoms with E-state index in [0.717, 1.165) is 0 Å². The van der Waals surface area contributed by atoms with Crippen molar-refractivity contribution in [2.75, 3.05) is 33.4 Å². The van der Waals surface area contributed by atoms with E-state index in [0.29, 0.717) is 24.3 Å². The molecule has 7 heteroatoms. The van der Waals surface area contributed by atoms with Gasteiger partial charge in [0.2, 0.25) is 0 Å². The monoisotopic (exact) mass is 426 g/mol. The van der Waals surface area contributed by atoms with E-state index in [1.165, 1.54) is 0 Å². The second-order valence-electron chi connectivity index (χ2n) is 7.94. The lowest BCUT2D eigenvalue weighted by Gasteiger charge is -2.39.